The molecule has 0 saturated heterocycles. The van der Waals surface area contributed by atoms with Crippen LogP contribution in [0.5, 0.6) is 0 Å². The van der Waals surface area contributed by atoms with Crippen molar-refractivity contribution in [2.75, 3.05) is 6.54 Å². The molecule has 0 aliphatic rings. The minimum absolute atomic E-state index is 0.127. The highest BCUT2D eigenvalue weighted by Gasteiger charge is 2.15. The number of hydrogen-bond donors (Lipinski definition) is 2. The average Bonchev–Trinajstić information content (AvgIpc) is 3.27. The molecule has 0 spiro atoms. The van der Waals surface area contributed by atoms with Gasteiger partial charge in [-0.2, -0.15) is 11.3 Å². The summed E-state index contributed by atoms with van der Waals surface area (Å²) in [5, 5.41) is 17.7. The van der Waals surface area contributed by atoms with Crippen LogP contribution >= 0.6 is 34.5 Å². The maximum absolute atomic E-state index is 12.2. The lowest BCUT2D eigenvalue weighted by Gasteiger charge is -2.12. The quantitative estimate of drug-likeness (QED) is 0.570. The number of rotatable bonds is 7. The standard InChI is InChI=1S/C19H18Cl2N2O3S/c1-11-16(23-19(26-11)13-5-7-27-10-13)9-18(25)22-6-4-17(24)12-2-3-14(20)15(21)8-12/h2-3,5,7-8,10,17,24H,4,6,9H2,1H3,(H,22,25). The predicted molar refractivity (Wildman–Crippen MR) is 107 cm³/mol. The molecule has 0 aliphatic heterocycles. The molecule has 1 amide bonds. The van der Waals surface area contributed by atoms with Crippen LogP contribution in [0.2, 0.25) is 10.0 Å². The summed E-state index contributed by atoms with van der Waals surface area (Å²) in [5.74, 6) is 0.971. The van der Waals surface area contributed by atoms with Crippen LogP contribution < -0.4 is 5.32 Å². The molecule has 0 bridgehead atoms. The largest absolute Gasteiger partial charge is 0.441 e. The highest BCUT2D eigenvalue weighted by atomic mass is 35.5. The summed E-state index contributed by atoms with van der Waals surface area (Å²) in [4.78, 5) is 16.6. The molecule has 0 fully saturated rings. The Hall–Kier alpha value is -1.86. The molecule has 2 heterocycles. The van der Waals surface area contributed by atoms with E-state index in [4.69, 9.17) is 27.6 Å². The Labute approximate surface area is 171 Å². The molecule has 1 unspecified atom stereocenters. The summed E-state index contributed by atoms with van der Waals surface area (Å²) in [6.45, 7) is 2.12. The van der Waals surface area contributed by atoms with E-state index in [1.807, 2.05) is 16.8 Å². The molecule has 0 aliphatic carbocycles. The van der Waals surface area contributed by atoms with Gasteiger partial charge in [0.2, 0.25) is 11.8 Å². The zero-order chi connectivity index (χ0) is 19.4. The Bertz CT molecular complexity index is 925. The second-order valence-electron chi connectivity index (χ2n) is 6.04. The number of benzene rings is 1. The Morgan fingerprint density at radius 3 is 2.85 bits per heavy atom. The summed E-state index contributed by atoms with van der Waals surface area (Å²) < 4.78 is 5.63. The van der Waals surface area contributed by atoms with Gasteiger partial charge in [0.25, 0.3) is 0 Å². The van der Waals surface area contributed by atoms with E-state index in [1.165, 1.54) is 0 Å². The molecular formula is C19H18Cl2N2O3S. The first kappa shape index (κ1) is 19.9. The fourth-order valence-corrected chi connectivity index (χ4v) is 3.49. The molecule has 0 radical (unpaired) electrons. The van der Waals surface area contributed by atoms with E-state index in [9.17, 15) is 9.90 Å². The average molecular weight is 425 g/mol. The zero-order valence-corrected chi connectivity index (χ0v) is 16.9. The number of aliphatic hydroxyl groups excluding tert-OH is 1. The number of hydrogen-bond acceptors (Lipinski definition) is 5. The van der Waals surface area contributed by atoms with Gasteiger partial charge in [-0.1, -0.05) is 29.3 Å². The number of nitrogens with zero attached hydrogens (tertiary/aromatic N) is 1. The normalized spacial score (nSPS) is 12.1. The number of amides is 1. The molecule has 1 atom stereocenters. The van der Waals surface area contributed by atoms with E-state index < -0.39 is 6.10 Å². The molecule has 3 rings (SSSR count). The predicted octanol–water partition coefficient (Wildman–Crippen LogP) is 4.80. The fraction of sp³-hybridized carbons (Fsp3) is 0.263. The minimum Gasteiger partial charge on any atom is -0.441 e. The van der Waals surface area contributed by atoms with Gasteiger partial charge in [-0.05, 0) is 42.5 Å². The molecule has 142 valence electrons. The molecule has 2 N–H and O–H groups in total. The number of aliphatic hydroxyl groups is 1. The van der Waals surface area contributed by atoms with Crippen molar-refractivity contribution in [1.82, 2.24) is 10.3 Å². The molecule has 27 heavy (non-hydrogen) atoms. The first-order chi connectivity index (χ1) is 12.9. The van der Waals surface area contributed by atoms with Gasteiger partial charge in [0, 0.05) is 17.5 Å². The number of thiophene rings is 1. The molecule has 0 saturated carbocycles. The van der Waals surface area contributed by atoms with Crippen LogP contribution in [0.4, 0.5) is 0 Å². The molecule has 3 aromatic rings. The monoisotopic (exact) mass is 424 g/mol. The van der Waals surface area contributed by atoms with Crippen LogP contribution in [0.1, 0.15) is 29.5 Å². The van der Waals surface area contributed by atoms with E-state index in [0.29, 0.717) is 45.9 Å². The molecule has 1 aromatic carbocycles. The number of carbonyl (C=O) groups is 1. The van der Waals surface area contributed by atoms with Crippen LogP contribution in [0.25, 0.3) is 11.5 Å². The van der Waals surface area contributed by atoms with Crippen molar-refractivity contribution < 1.29 is 14.3 Å². The molecular weight excluding hydrogens is 407 g/mol. The molecule has 8 heteroatoms. The van der Waals surface area contributed by atoms with Crippen molar-refractivity contribution in [1.29, 1.82) is 0 Å². The van der Waals surface area contributed by atoms with E-state index in [0.717, 1.165) is 5.56 Å². The fourth-order valence-electron chi connectivity index (χ4n) is 2.55. The maximum Gasteiger partial charge on any atom is 0.227 e. The minimum atomic E-state index is -0.737. The molecule has 2 aromatic heterocycles. The Morgan fingerprint density at radius 1 is 1.33 bits per heavy atom. The Morgan fingerprint density at radius 2 is 2.15 bits per heavy atom. The summed E-state index contributed by atoms with van der Waals surface area (Å²) in [6, 6.07) is 6.90. The van der Waals surface area contributed by atoms with E-state index in [1.54, 1.807) is 36.5 Å². The lowest BCUT2D eigenvalue weighted by Crippen LogP contribution is -2.27. The summed E-state index contributed by atoms with van der Waals surface area (Å²) in [6.07, 6.45) is -0.247. The number of halogens is 2. The van der Waals surface area contributed by atoms with Gasteiger partial charge in [0.05, 0.1) is 28.3 Å². The number of aryl methyl sites for hydroxylation is 1. The van der Waals surface area contributed by atoms with Crippen molar-refractivity contribution >= 4 is 40.4 Å². The third-order valence-electron chi connectivity index (χ3n) is 4.06. The first-order valence-corrected chi connectivity index (χ1v) is 10.0. The SMILES string of the molecule is Cc1oc(-c2ccsc2)nc1CC(=O)NCCC(O)c1ccc(Cl)c(Cl)c1. The maximum atomic E-state index is 12.2. The topological polar surface area (TPSA) is 75.4 Å². The third-order valence-corrected chi connectivity index (χ3v) is 5.48. The Kier molecular flexibility index (Phi) is 6.55. The van der Waals surface area contributed by atoms with Crippen molar-refractivity contribution in [3.05, 3.63) is 62.1 Å². The lowest BCUT2D eigenvalue weighted by atomic mass is 10.1. The second-order valence-corrected chi connectivity index (χ2v) is 7.63. The van der Waals surface area contributed by atoms with Crippen LogP contribution in [0, 0.1) is 6.92 Å². The number of aromatic nitrogens is 1. The highest BCUT2D eigenvalue weighted by molar-refractivity contribution is 7.08. The van der Waals surface area contributed by atoms with E-state index in [-0.39, 0.29) is 12.3 Å². The molecule has 5 nitrogen and oxygen atoms in total. The summed E-state index contributed by atoms with van der Waals surface area (Å²) >= 11 is 13.4. The zero-order valence-electron chi connectivity index (χ0n) is 14.5. The van der Waals surface area contributed by atoms with Crippen LogP contribution in [0.15, 0.2) is 39.4 Å². The number of carbonyl (C=O) groups excluding carboxylic acids is 1. The smallest absolute Gasteiger partial charge is 0.227 e. The van der Waals surface area contributed by atoms with Crippen molar-refractivity contribution in [2.45, 2.75) is 25.9 Å². The second kappa shape index (κ2) is 8.89. The first-order valence-electron chi connectivity index (χ1n) is 8.32. The van der Waals surface area contributed by atoms with Gasteiger partial charge in [0.1, 0.15) is 5.76 Å². The van der Waals surface area contributed by atoms with Gasteiger partial charge < -0.3 is 14.8 Å². The summed E-state index contributed by atoms with van der Waals surface area (Å²) in [7, 11) is 0. The van der Waals surface area contributed by atoms with Crippen molar-refractivity contribution in [3.8, 4) is 11.5 Å². The van der Waals surface area contributed by atoms with Crippen LogP contribution in [0.3, 0.4) is 0 Å². The van der Waals surface area contributed by atoms with Crippen molar-refractivity contribution in [2.24, 2.45) is 0 Å². The number of nitrogens with one attached hydrogen (secondary N) is 1. The highest BCUT2D eigenvalue weighted by Crippen LogP contribution is 2.27. The van der Waals surface area contributed by atoms with Gasteiger partial charge in [0.15, 0.2) is 0 Å². The van der Waals surface area contributed by atoms with Gasteiger partial charge >= 0.3 is 0 Å². The van der Waals surface area contributed by atoms with Crippen LogP contribution in [-0.4, -0.2) is 22.5 Å². The van der Waals surface area contributed by atoms with Crippen LogP contribution in [-0.2, 0) is 11.2 Å². The van der Waals surface area contributed by atoms with Crippen molar-refractivity contribution in [3.63, 3.8) is 0 Å². The Balaban J connectivity index is 1.50. The van der Waals surface area contributed by atoms with E-state index >= 15 is 0 Å². The van der Waals surface area contributed by atoms with Gasteiger partial charge in [-0.15, -0.1) is 0 Å². The summed E-state index contributed by atoms with van der Waals surface area (Å²) in [5.41, 5.74) is 2.17. The third kappa shape index (κ3) is 5.11. The van der Waals surface area contributed by atoms with Gasteiger partial charge in [-0.25, -0.2) is 4.98 Å². The van der Waals surface area contributed by atoms with Gasteiger partial charge in [-0.3, -0.25) is 4.79 Å². The lowest BCUT2D eigenvalue weighted by molar-refractivity contribution is -0.120. The van der Waals surface area contributed by atoms with E-state index in [2.05, 4.69) is 10.3 Å². The number of oxazole rings is 1.